The Morgan fingerprint density at radius 1 is 1.75 bits per heavy atom. The number of carbonyl (C=O) groups is 1. The summed E-state index contributed by atoms with van der Waals surface area (Å²) < 4.78 is 7.09. The van der Waals surface area contributed by atoms with Crippen LogP contribution < -0.4 is 0 Å². The smallest absolute Gasteiger partial charge is 0.168 e. The van der Waals surface area contributed by atoms with Crippen molar-refractivity contribution in [2.75, 3.05) is 13.2 Å². The SMILES string of the molecule is O=Cc1cncn1C1CCOC1. The summed E-state index contributed by atoms with van der Waals surface area (Å²) in [6.45, 7) is 1.47. The highest BCUT2D eigenvalue weighted by molar-refractivity contribution is 5.71. The molecular weight excluding hydrogens is 156 g/mol. The highest BCUT2D eigenvalue weighted by Gasteiger charge is 2.18. The molecule has 0 N–H and O–H groups in total. The van der Waals surface area contributed by atoms with Crippen LogP contribution in [0.2, 0.25) is 0 Å². The fraction of sp³-hybridized carbons (Fsp3) is 0.500. The van der Waals surface area contributed by atoms with Crippen LogP contribution in [0.4, 0.5) is 0 Å². The van der Waals surface area contributed by atoms with Gasteiger partial charge in [-0.05, 0) is 6.42 Å². The highest BCUT2D eigenvalue weighted by atomic mass is 16.5. The number of hydrogen-bond acceptors (Lipinski definition) is 3. The monoisotopic (exact) mass is 166 g/mol. The van der Waals surface area contributed by atoms with Crippen molar-refractivity contribution in [1.29, 1.82) is 0 Å². The molecule has 0 aliphatic carbocycles. The van der Waals surface area contributed by atoms with Crippen LogP contribution in [0.1, 0.15) is 23.0 Å². The second-order valence-corrected chi connectivity index (χ2v) is 2.86. The second-order valence-electron chi connectivity index (χ2n) is 2.86. The van der Waals surface area contributed by atoms with Crippen molar-refractivity contribution in [2.24, 2.45) is 0 Å². The van der Waals surface area contributed by atoms with Gasteiger partial charge in [0.25, 0.3) is 0 Å². The summed E-state index contributed by atoms with van der Waals surface area (Å²) in [5.74, 6) is 0. The van der Waals surface area contributed by atoms with Gasteiger partial charge in [0.1, 0.15) is 5.69 Å². The minimum Gasteiger partial charge on any atom is -0.379 e. The molecule has 0 aromatic carbocycles. The molecule has 4 heteroatoms. The van der Waals surface area contributed by atoms with Gasteiger partial charge < -0.3 is 9.30 Å². The molecule has 0 amide bonds. The summed E-state index contributed by atoms with van der Waals surface area (Å²) in [5, 5.41) is 0. The van der Waals surface area contributed by atoms with Crippen LogP contribution in [0.15, 0.2) is 12.5 Å². The van der Waals surface area contributed by atoms with E-state index in [-0.39, 0.29) is 0 Å². The van der Waals surface area contributed by atoms with E-state index in [0.29, 0.717) is 18.3 Å². The first-order valence-electron chi connectivity index (χ1n) is 3.96. The zero-order chi connectivity index (χ0) is 8.39. The predicted molar refractivity (Wildman–Crippen MR) is 42.1 cm³/mol. The largest absolute Gasteiger partial charge is 0.379 e. The van der Waals surface area contributed by atoms with Crippen LogP contribution >= 0.6 is 0 Å². The van der Waals surface area contributed by atoms with Crippen LogP contribution in [0.25, 0.3) is 0 Å². The van der Waals surface area contributed by atoms with Gasteiger partial charge in [0, 0.05) is 6.61 Å². The van der Waals surface area contributed by atoms with Gasteiger partial charge in [-0.3, -0.25) is 4.79 Å². The molecule has 4 nitrogen and oxygen atoms in total. The summed E-state index contributed by atoms with van der Waals surface area (Å²) in [6, 6.07) is 0.299. The molecule has 0 bridgehead atoms. The Balaban J connectivity index is 2.25. The Kier molecular flexibility index (Phi) is 1.91. The van der Waals surface area contributed by atoms with Crippen LogP contribution in [0.5, 0.6) is 0 Å². The number of rotatable bonds is 2. The number of nitrogens with zero attached hydrogens (tertiary/aromatic N) is 2. The third kappa shape index (κ3) is 1.14. The summed E-state index contributed by atoms with van der Waals surface area (Å²) in [6.07, 6.45) is 5.05. The van der Waals surface area contributed by atoms with Crippen molar-refractivity contribution >= 4 is 6.29 Å². The van der Waals surface area contributed by atoms with Gasteiger partial charge in [0.05, 0.1) is 25.2 Å². The summed E-state index contributed by atoms with van der Waals surface area (Å²) >= 11 is 0. The first-order chi connectivity index (χ1) is 5.92. The lowest BCUT2D eigenvalue weighted by Crippen LogP contribution is -2.10. The molecule has 1 atom stereocenters. The first kappa shape index (κ1) is 7.49. The van der Waals surface area contributed by atoms with Gasteiger partial charge >= 0.3 is 0 Å². The molecule has 12 heavy (non-hydrogen) atoms. The fourth-order valence-corrected chi connectivity index (χ4v) is 1.45. The van der Waals surface area contributed by atoms with Gasteiger partial charge in [-0.2, -0.15) is 0 Å². The van der Waals surface area contributed by atoms with Gasteiger partial charge in [0.2, 0.25) is 0 Å². The molecule has 2 heterocycles. The van der Waals surface area contributed by atoms with E-state index in [9.17, 15) is 4.79 Å². The Morgan fingerprint density at radius 3 is 3.33 bits per heavy atom. The molecule has 1 aromatic rings. The van der Waals surface area contributed by atoms with Gasteiger partial charge in [-0.25, -0.2) is 4.98 Å². The number of imidazole rings is 1. The van der Waals surface area contributed by atoms with Gasteiger partial charge in [-0.15, -0.1) is 0 Å². The van der Waals surface area contributed by atoms with E-state index >= 15 is 0 Å². The van der Waals surface area contributed by atoms with Crippen LogP contribution in [0.3, 0.4) is 0 Å². The molecular formula is C8H10N2O2. The third-order valence-electron chi connectivity index (χ3n) is 2.12. The average molecular weight is 166 g/mol. The van der Waals surface area contributed by atoms with Crippen LogP contribution in [0, 0.1) is 0 Å². The maximum absolute atomic E-state index is 10.5. The van der Waals surface area contributed by atoms with E-state index in [2.05, 4.69) is 4.98 Å². The molecule has 1 saturated heterocycles. The van der Waals surface area contributed by atoms with Gasteiger partial charge in [-0.1, -0.05) is 0 Å². The zero-order valence-corrected chi connectivity index (χ0v) is 6.64. The van der Waals surface area contributed by atoms with Crippen molar-refractivity contribution in [2.45, 2.75) is 12.5 Å². The van der Waals surface area contributed by atoms with E-state index in [4.69, 9.17) is 4.74 Å². The fourth-order valence-electron chi connectivity index (χ4n) is 1.45. The lowest BCUT2D eigenvalue weighted by Gasteiger charge is -2.09. The Labute approximate surface area is 70.2 Å². The Morgan fingerprint density at radius 2 is 2.67 bits per heavy atom. The predicted octanol–water partition coefficient (Wildman–Crippen LogP) is 0.657. The minimum absolute atomic E-state index is 0.299. The first-order valence-corrected chi connectivity index (χ1v) is 3.96. The van der Waals surface area contributed by atoms with Crippen molar-refractivity contribution in [3.05, 3.63) is 18.2 Å². The lowest BCUT2D eigenvalue weighted by molar-refractivity contribution is 0.111. The normalized spacial score (nSPS) is 22.8. The van der Waals surface area contributed by atoms with E-state index in [0.717, 1.165) is 19.3 Å². The van der Waals surface area contributed by atoms with Crippen molar-refractivity contribution in [3.8, 4) is 0 Å². The molecule has 1 aliphatic rings. The summed E-state index contributed by atoms with van der Waals surface area (Å²) in [7, 11) is 0. The maximum atomic E-state index is 10.5. The van der Waals surface area contributed by atoms with Crippen molar-refractivity contribution in [3.63, 3.8) is 0 Å². The number of hydrogen-bond donors (Lipinski definition) is 0. The summed E-state index contributed by atoms with van der Waals surface area (Å²) in [4.78, 5) is 14.5. The molecule has 1 aromatic heterocycles. The Hall–Kier alpha value is -1.16. The lowest BCUT2D eigenvalue weighted by atomic mass is 10.2. The molecule has 0 saturated carbocycles. The molecule has 1 aliphatic heterocycles. The molecule has 1 unspecified atom stereocenters. The van der Waals surface area contributed by atoms with E-state index in [1.54, 1.807) is 12.5 Å². The number of aldehydes is 1. The topological polar surface area (TPSA) is 44.1 Å². The number of carbonyl (C=O) groups excluding carboxylic acids is 1. The second kappa shape index (κ2) is 3.06. The van der Waals surface area contributed by atoms with Gasteiger partial charge in [0.15, 0.2) is 6.29 Å². The highest BCUT2D eigenvalue weighted by Crippen LogP contribution is 2.19. The van der Waals surface area contributed by atoms with Crippen molar-refractivity contribution in [1.82, 2.24) is 9.55 Å². The van der Waals surface area contributed by atoms with Crippen LogP contribution in [-0.2, 0) is 4.74 Å². The quantitative estimate of drug-likeness (QED) is 0.606. The van der Waals surface area contributed by atoms with Crippen LogP contribution in [-0.4, -0.2) is 29.1 Å². The molecule has 2 rings (SSSR count). The molecule has 64 valence electrons. The molecule has 0 spiro atoms. The molecule has 1 fully saturated rings. The van der Waals surface area contributed by atoms with E-state index in [1.165, 1.54) is 0 Å². The molecule has 0 radical (unpaired) electrons. The standard InChI is InChI=1S/C8H10N2O2/c11-4-8-3-9-6-10(8)7-1-2-12-5-7/h3-4,6-7H,1-2,5H2. The minimum atomic E-state index is 0.299. The average Bonchev–Trinajstić information content (AvgIpc) is 2.74. The number of aromatic nitrogens is 2. The summed E-state index contributed by atoms with van der Waals surface area (Å²) in [5.41, 5.74) is 0.630. The number of ether oxygens (including phenoxy) is 1. The zero-order valence-electron chi connectivity index (χ0n) is 6.64. The van der Waals surface area contributed by atoms with Crippen molar-refractivity contribution < 1.29 is 9.53 Å². The maximum Gasteiger partial charge on any atom is 0.168 e. The third-order valence-corrected chi connectivity index (χ3v) is 2.12. The van der Waals surface area contributed by atoms with E-state index in [1.807, 2.05) is 4.57 Å². The Bertz CT molecular complexity index is 276. The van der Waals surface area contributed by atoms with E-state index < -0.39 is 0 Å².